The SMILES string of the molecule is CC(=N)/C(=C(/C)N)c1ccc(N2CC34Cc5ccccc5C3CC(=O)N24)cc1. The zero-order chi connectivity index (χ0) is 19.6. The van der Waals surface area contributed by atoms with Crippen LogP contribution in [-0.4, -0.2) is 28.7 Å². The van der Waals surface area contributed by atoms with E-state index in [1.54, 1.807) is 6.92 Å². The minimum atomic E-state index is -0.0795. The first-order valence-corrected chi connectivity index (χ1v) is 9.73. The summed E-state index contributed by atoms with van der Waals surface area (Å²) in [6, 6.07) is 16.6. The highest BCUT2D eigenvalue weighted by Crippen LogP contribution is 2.57. The summed E-state index contributed by atoms with van der Waals surface area (Å²) < 4.78 is 0. The Hall–Kier alpha value is -3.08. The van der Waals surface area contributed by atoms with Crippen molar-refractivity contribution in [2.45, 2.75) is 38.1 Å². The van der Waals surface area contributed by atoms with E-state index in [2.05, 4.69) is 29.3 Å². The van der Waals surface area contributed by atoms with Gasteiger partial charge in [0.25, 0.3) is 0 Å². The number of hydrogen-bond acceptors (Lipinski definition) is 4. The van der Waals surface area contributed by atoms with Crippen LogP contribution < -0.4 is 10.7 Å². The molecule has 3 N–H and O–H groups in total. The number of hydrogen-bond donors (Lipinski definition) is 2. The molecule has 142 valence electrons. The lowest BCUT2D eigenvalue weighted by atomic mass is 9.83. The zero-order valence-corrected chi connectivity index (χ0v) is 16.2. The van der Waals surface area contributed by atoms with Gasteiger partial charge in [-0.1, -0.05) is 36.4 Å². The molecule has 1 spiro atoms. The van der Waals surface area contributed by atoms with Gasteiger partial charge >= 0.3 is 0 Å². The average Bonchev–Trinajstić information content (AvgIpc) is 3.05. The van der Waals surface area contributed by atoms with E-state index < -0.39 is 0 Å². The first kappa shape index (κ1) is 17.0. The van der Waals surface area contributed by atoms with Gasteiger partial charge in [0.2, 0.25) is 5.91 Å². The van der Waals surface area contributed by atoms with Crippen LogP contribution in [0.2, 0.25) is 0 Å². The van der Waals surface area contributed by atoms with Crippen molar-refractivity contribution in [1.29, 1.82) is 5.41 Å². The van der Waals surface area contributed by atoms with Crippen molar-refractivity contribution in [3.63, 3.8) is 0 Å². The monoisotopic (exact) mass is 372 g/mol. The molecule has 2 fully saturated rings. The van der Waals surface area contributed by atoms with Gasteiger partial charge in [-0.2, -0.15) is 0 Å². The number of fused-ring (bicyclic) bond motifs is 2. The first-order valence-electron chi connectivity index (χ1n) is 9.73. The quantitative estimate of drug-likeness (QED) is 0.811. The zero-order valence-electron chi connectivity index (χ0n) is 16.2. The number of anilines is 1. The summed E-state index contributed by atoms with van der Waals surface area (Å²) in [5.74, 6) is 0.519. The smallest absolute Gasteiger partial charge is 0.242 e. The lowest BCUT2D eigenvalue weighted by molar-refractivity contribution is -0.137. The van der Waals surface area contributed by atoms with Crippen molar-refractivity contribution in [3.8, 4) is 0 Å². The predicted molar refractivity (Wildman–Crippen MR) is 111 cm³/mol. The normalized spacial score (nSPS) is 25.6. The minimum absolute atomic E-state index is 0.0795. The van der Waals surface area contributed by atoms with E-state index in [4.69, 9.17) is 11.1 Å². The van der Waals surface area contributed by atoms with Crippen LogP contribution in [0.5, 0.6) is 0 Å². The molecule has 28 heavy (non-hydrogen) atoms. The molecule has 3 aliphatic rings. The number of carbonyl (C=O) groups excluding carboxylic acids is 1. The van der Waals surface area contributed by atoms with E-state index in [1.165, 1.54) is 11.1 Å². The van der Waals surface area contributed by atoms with Crippen molar-refractivity contribution < 1.29 is 4.79 Å². The van der Waals surface area contributed by atoms with Crippen LogP contribution in [0.15, 0.2) is 54.2 Å². The van der Waals surface area contributed by atoms with Crippen LogP contribution in [0.1, 0.15) is 42.9 Å². The number of benzene rings is 2. The fraction of sp³-hybridized carbons (Fsp3) is 0.304. The molecule has 1 aliphatic carbocycles. The van der Waals surface area contributed by atoms with E-state index in [0.717, 1.165) is 29.8 Å². The molecule has 2 aliphatic heterocycles. The Morgan fingerprint density at radius 1 is 1.14 bits per heavy atom. The number of nitrogens with two attached hydrogens (primary N) is 1. The van der Waals surface area contributed by atoms with Gasteiger partial charge in [-0.25, -0.2) is 5.01 Å². The molecular weight excluding hydrogens is 348 g/mol. The van der Waals surface area contributed by atoms with Crippen molar-refractivity contribution in [2.75, 3.05) is 11.6 Å². The summed E-state index contributed by atoms with van der Waals surface area (Å²) >= 11 is 0. The number of carbonyl (C=O) groups is 1. The standard InChI is InChI=1S/C23H24N4O/c1-14(24)22(15(2)25)16-7-9-18(10-8-16)26-13-23-12-17-5-3-4-6-19(17)20(23)11-21(28)27(23)26/h3-10,20,24H,11-13,25H2,1-2H3/b22-15+,24-14?. The molecule has 2 heterocycles. The lowest BCUT2D eigenvalue weighted by Crippen LogP contribution is -2.73. The minimum Gasteiger partial charge on any atom is -0.402 e. The van der Waals surface area contributed by atoms with E-state index in [-0.39, 0.29) is 11.4 Å². The van der Waals surface area contributed by atoms with Gasteiger partial charge in [0, 0.05) is 35.7 Å². The van der Waals surface area contributed by atoms with E-state index in [1.807, 2.05) is 36.2 Å². The molecule has 2 unspecified atom stereocenters. The third-order valence-electron chi connectivity index (χ3n) is 6.50. The second-order valence-electron chi connectivity index (χ2n) is 8.23. The highest BCUT2D eigenvalue weighted by Gasteiger charge is 2.66. The Balaban J connectivity index is 1.44. The molecule has 0 bridgehead atoms. The number of allylic oxidation sites excluding steroid dienone is 2. The molecule has 5 heteroatoms. The van der Waals surface area contributed by atoms with Crippen molar-refractivity contribution >= 4 is 22.9 Å². The molecule has 5 nitrogen and oxygen atoms in total. The summed E-state index contributed by atoms with van der Waals surface area (Å²) in [6.45, 7) is 4.43. The van der Waals surface area contributed by atoms with Crippen molar-refractivity contribution in [2.24, 2.45) is 5.73 Å². The number of nitrogens with zero attached hydrogens (tertiary/aromatic N) is 2. The van der Waals surface area contributed by atoms with Gasteiger partial charge in [0.05, 0.1) is 17.8 Å². The number of rotatable bonds is 3. The highest BCUT2D eigenvalue weighted by atomic mass is 16.2. The van der Waals surface area contributed by atoms with E-state index in [0.29, 0.717) is 23.7 Å². The fourth-order valence-electron chi connectivity index (χ4n) is 5.42. The molecule has 5 rings (SSSR count). The first-order chi connectivity index (χ1) is 13.4. The predicted octanol–water partition coefficient (Wildman–Crippen LogP) is 3.46. The van der Waals surface area contributed by atoms with Crippen LogP contribution in [-0.2, 0) is 11.2 Å². The molecule has 2 atom stereocenters. The molecule has 0 saturated carbocycles. The highest BCUT2D eigenvalue weighted by molar-refractivity contribution is 6.21. The third kappa shape index (κ3) is 2.13. The van der Waals surface area contributed by atoms with Gasteiger partial charge in [0.1, 0.15) is 0 Å². The largest absolute Gasteiger partial charge is 0.402 e. The van der Waals surface area contributed by atoms with Crippen molar-refractivity contribution in [1.82, 2.24) is 5.01 Å². The Morgan fingerprint density at radius 3 is 2.54 bits per heavy atom. The Kier molecular flexibility index (Phi) is 3.48. The summed E-state index contributed by atoms with van der Waals surface area (Å²) in [5.41, 5.74) is 12.4. The average molecular weight is 372 g/mol. The Morgan fingerprint density at radius 2 is 1.86 bits per heavy atom. The van der Waals surface area contributed by atoms with Crippen LogP contribution in [0.3, 0.4) is 0 Å². The van der Waals surface area contributed by atoms with Crippen LogP contribution >= 0.6 is 0 Å². The van der Waals surface area contributed by atoms with E-state index >= 15 is 0 Å². The van der Waals surface area contributed by atoms with Gasteiger partial charge in [-0.3, -0.25) is 9.80 Å². The van der Waals surface area contributed by atoms with Crippen LogP contribution in [0.4, 0.5) is 5.69 Å². The topological polar surface area (TPSA) is 73.4 Å². The molecule has 0 radical (unpaired) electrons. The molecule has 2 aromatic carbocycles. The summed E-state index contributed by atoms with van der Waals surface area (Å²) in [6.07, 6.45) is 1.54. The second kappa shape index (κ2) is 5.71. The van der Waals surface area contributed by atoms with Gasteiger partial charge < -0.3 is 11.1 Å². The Bertz CT molecular complexity index is 1030. The number of hydrazine groups is 1. The van der Waals surface area contributed by atoms with E-state index in [9.17, 15) is 4.79 Å². The maximum atomic E-state index is 12.8. The maximum Gasteiger partial charge on any atom is 0.242 e. The maximum absolute atomic E-state index is 12.8. The number of amides is 1. The molecule has 2 saturated heterocycles. The van der Waals surface area contributed by atoms with Gasteiger partial charge in [-0.05, 0) is 42.7 Å². The second-order valence-corrected chi connectivity index (χ2v) is 8.23. The fourth-order valence-corrected chi connectivity index (χ4v) is 5.42. The van der Waals surface area contributed by atoms with Crippen molar-refractivity contribution in [3.05, 3.63) is 70.9 Å². The summed E-state index contributed by atoms with van der Waals surface area (Å²) in [4.78, 5) is 12.8. The Labute approximate surface area is 164 Å². The molecule has 1 amide bonds. The van der Waals surface area contributed by atoms with Gasteiger partial charge in [-0.15, -0.1) is 0 Å². The summed E-state index contributed by atoms with van der Waals surface area (Å²) in [7, 11) is 0. The van der Waals surface area contributed by atoms with Crippen LogP contribution in [0.25, 0.3) is 5.57 Å². The third-order valence-corrected chi connectivity index (χ3v) is 6.50. The molecule has 0 aromatic heterocycles. The van der Waals surface area contributed by atoms with Gasteiger partial charge in [0.15, 0.2) is 0 Å². The summed E-state index contributed by atoms with van der Waals surface area (Å²) in [5, 5.41) is 12.1. The molecular formula is C23H24N4O. The number of nitrogens with one attached hydrogen (secondary N) is 1. The van der Waals surface area contributed by atoms with Crippen LogP contribution in [0, 0.1) is 5.41 Å². The lowest BCUT2D eigenvalue weighted by Gasteiger charge is -2.57. The molecule has 2 aromatic rings.